The Labute approximate surface area is 141 Å². The number of quaternary nitrogens is 1. The molecule has 1 aromatic rings. The Morgan fingerprint density at radius 3 is 2.35 bits per heavy atom. The number of likely N-dealkylation sites (N-methyl/N-ethyl adjacent to an activating group) is 1. The van der Waals surface area contributed by atoms with Crippen molar-refractivity contribution in [2.75, 3.05) is 34.2 Å². The molecule has 0 aliphatic rings. The predicted molar refractivity (Wildman–Crippen MR) is 95.8 cm³/mol. The Hall–Kier alpha value is -1.55. The molecule has 0 saturated carbocycles. The summed E-state index contributed by atoms with van der Waals surface area (Å²) >= 11 is 0. The Morgan fingerprint density at radius 1 is 1.22 bits per heavy atom. The van der Waals surface area contributed by atoms with Crippen LogP contribution >= 0.6 is 0 Å². The Bertz CT molecular complexity index is 552. The minimum atomic E-state index is -0.113. The van der Waals surface area contributed by atoms with Gasteiger partial charge in [0.1, 0.15) is 5.75 Å². The molecule has 0 aliphatic carbocycles. The predicted octanol–water partition coefficient (Wildman–Crippen LogP) is 2.75. The van der Waals surface area contributed by atoms with Crippen molar-refractivity contribution in [1.82, 2.24) is 5.32 Å². The van der Waals surface area contributed by atoms with Gasteiger partial charge in [-0.25, -0.2) is 0 Å². The molecular weight excluding hydrogens is 288 g/mol. The van der Waals surface area contributed by atoms with Gasteiger partial charge in [-0.2, -0.15) is 0 Å². The fraction of sp³-hybridized carbons (Fsp3) is 0.632. The highest BCUT2D eigenvalue weighted by Crippen LogP contribution is 2.34. The molecule has 0 aromatic heterocycles. The Kier molecular flexibility index (Phi) is 6.23. The second-order valence-electron chi connectivity index (χ2n) is 8.42. The van der Waals surface area contributed by atoms with Gasteiger partial charge in [-0.15, -0.1) is 0 Å². The summed E-state index contributed by atoms with van der Waals surface area (Å²) in [6.07, 6.45) is 1.17. The molecule has 0 fully saturated rings. The van der Waals surface area contributed by atoms with E-state index in [2.05, 4.69) is 47.2 Å². The molecule has 1 amide bonds. The maximum atomic E-state index is 12.0. The van der Waals surface area contributed by atoms with Gasteiger partial charge in [-0.1, -0.05) is 32.9 Å². The van der Waals surface area contributed by atoms with Crippen LogP contribution in [-0.4, -0.2) is 49.7 Å². The van der Waals surface area contributed by atoms with E-state index in [0.717, 1.165) is 27.7 Å². The number of nitrogens with one attached hydrogen (secondary N) is 1. The molecule has 1 aromatic carbocycles. The molecule has 2 N–H and O–H groups in total. The van der Waals surface area contributed by atoms with E-state index in [1.807, 2.05) is 19.1 Å². The van der Waals surface area contributed by atoms with Crippen molar-refractivity contribution in [2.45, 2.75) is 46.0 Å². The molecule has 0 spiro atoms. The van der Waals surface area contributed by atoms with E-state index in [0.29, 0.717) is 25.1 Å². The standard InChI is InChI=1S/C19H32N2O2/c1-14-12-15(13-16(18(14)23)19(2,3)4)8-9-17(22)20-10-11-21(5,6)7/h12-13H,8-11H2,1-7H3,(H-,20,22,23)/p+1. The van der Waals surface area contributed by atoms with Crippen molar-refractivity contribution >= 4 is 5.91 Å². The molecule has 4 heteroatoms. The zero-order valence-corrected chi connectivity index (χ0v) is 15.8. The summed E-state index contributed by atoms with van der Waals surface area (Å²) in [6, 6.07) is 4.01. The van der Waals surface area contributed by atoms with Crippen LogP contribution < -0.4 is 5.32 Å². The van der Waals surface area contributed by atoms with E-state index in [1.54, 1.807) is 0 Å². The molecule has 0 radical (unpaired) electrons. The highest BCUT2D eigenvalue weighted by atomic mass is 16.3. The van der Waals surface area contributed by atoms with E-state index >= 15 is 0 Å². The van der Waals surface area contributed by atoms with E-state index < -0.39 is 0 Å². The lowest BCUT2D eigenvalue weighted by Gasteiger charge is -2.24. The molecule has 1 rings (SSSR count). The first kappa shape index (κ1) is 19.5. The Balaban J connectivity index is 2.65. The summed E-state index contributed by atoms with van der Waals surface area (Å²) < 4.78 is 0.840. The van der Waals surface area contributed by atoms with Crippen LogP contribution in [0.15, 0.2) is 12.1 Å². The molecule has 0 heterocycles. The first-order valence-corrected chi connectivity index (χ1v) is 8.30. The third-order valence-corrected chi connectivity index (χ3v) is 3.91. The van der Waals surface area contributed by atoms with Crippen molar-refractivity contribution in [3.63, 3.8) is 0 Å². The minimum absolute atomic E-state index is 0.0847. The lowest BCUT2D eigenvalue weighted by atomic mass is 9.83. The monoisotopic (exact) mass is 321 g/mol. The maximum Gasteiger partial charge on any atom is 0.220 e. The molecular formula is C19H33N2O2+. The molecule has 0 bridgehead atoms. The normalized spacial score (nSPS) is 12.3. The van der Waals surface area contributed by atoms with Gasteiger partial charge >= 0.3 is 0 Å². The van der Waals surface area contributed by atoms with Crippen LogP contribution in [0.2, 0.25) is 0 Å². The number of aryl methyl sites for hydroxylation is 2. The van der Waals surface area contributed by atoms with Gasteiger partial charge in [0, 0.05) is 6.42 Å². The number of amides is 1. The average Bonchev–Trinajstić information content (AvgIpc) is 2.37. The third kappa shape index (κ3) is 6.61. The molecule has 4 nitrogen and oxygen atoms in total. The number of hydrogen-bond acceptors (Lipinski definition) is 2. The van der Waals surface area contributed by atoms with Gasteiger partial charge in [0.25, 0.3) is 0 Å². The number of aromatic hydroxyl groups is 1. The van der Waals surface area contributed by atoms with E-state index in [9.17, 15) is 9.90 Å². The molecule has 130 valence electrons. The summed E-state index contributed by atoms with van der Waals surface area (Å²) in [6.45, 7) is 9.78. The number of carbonyl (C=O) groups excluding carboxylic acids is 1. The van der Waals surface area contributed by atoms with Gasteiger partial charge in [-0.05, 0) is 35.4 Å². The lowest BCUT2D eigenvalue weighted by Crippen LogP contribution is -2.41. The zero-order valence-electron chi connectivity index (χ0n) is 15.8. The van der Waals surface area contributed by atoms with Crippen molar-refractivity contribution < 1.29 is 14.4 Å². The maximum absolute atomic E-state index is 12.0. The molecule has 0 saturated heterocycles. The highest BCUT2D eigenvalue weighted by Gasteiger charge is 2.20. The van der Waals surface area contributed by atoms with Crippen LogP contribution in [0.3, 0.4) is 0 Å². The summed E-state index contributed by atoms with van der Waals surface area (Å²) in [4.78, 5) is 12.0. The van der Waals surface area contributed by atoms with Gasteiger partial charge in [-0.3, -0.25) is 4.79 Å². The van der Waals surface area contributed by atoms with Crippen molar-refractivity contribution in [3.8, 4) is 5.75 Å². The van der Waals surface area contributed by atoms with E-state index in [1.165, 1.54) is 0 Å². The SMILES string of the molecule is Cc1cc(CCC(=O)NCC[N+](C)(C)C)cc(C(C)(C)C)c1O. The highest BCUT2D eigenvalue weighted by molar-refractivity contribution is 5.76. The molecule has 0 unspecified atom stereocenters. The second-order valence-corrected chi connectivity index (χ2v) is 8.42. The van der Waals surface area contributed by atoms with Crippen LogP contribution in [0.1, 0.15) is 43.9 Å². The first-order valence-electron chi connectivity index (χ1n) is 8.30. The fourth-order valence-corrected chi connectivity index (χ4v) is 2.45. The zero-order chi connectivity index (χ0) is 17.8. The largest absolute Gasteiger partial charge is 0.507 e. The first-order chi connectivity index (χ1) is 10.4. The number of nitrogens with zero attached hydrogens (tertiary/aromatic N) is 1. The number of phenolic OH excluding ortho intramolecular Hbond substituents is 1. The molecule has 23 heavy (non-hydrogen) atoms. The van der Waals surface area contributed by atoms with Gasteiger partial charge in [0.2, 0.25) is 5.91 Å². The minimum Gasteiger partial charge on any atom is -0.507 e. The summed E-state index contributed by atoms with van der Waals surface area (Å²) in [7, 11) is 6.33. The Morgan fingerprint density at radius 2 is 1.83 bits per heavy atom. The lowest BCUT2D eigenvalue weighted by molar-refractivity contribution is -0.869. The number of carbonyl (C=O) groups is 1. The van der Waals surface area contributed by atoms with Gasteiger partial charge in [0.05, 0.1) is 34.2 Å². The van der Waals surface area contributed by atoms with Crippen LogP contribution in [0, 0.1) is 6.92 Å². The number of rotatable bonds is 6. The van der Waals surface area contributed by atoms with Crippen molar-refractivity contribution in [2.24, 2.45) is 0 Å². The van der Waals surface area contributed by atoms with E-state index in [-0.39, 0.29) is 11.3 Å². The molecule has 0 aliphatic heterocycles. The average molecular weight is 321 g/mol. The summed E-state index contributed by atoms with van der Waals surface area (Å²) in [5.41, 5.74) is 2.81. The number of phenols is 1. The van der Waals surface area contributed by atoms with E-state index in [4.69, 9.17) is 0 Å². The molecule has 0 atom stereocenters. The summed E-state index contributed by atoms with van der Waals surface area (Å²) in [5, 5.41) is 13.2. The second kappa shape index (κ2) is 7.35. The smallest absolute Gasteiger partial charge is 0.220 e. The van der Waals surface area contributed by atoms with Crippen molar-refractivity contribution in [1.29, 1.82) is 0 Å². The van der Waals surface area contributed by atoms with Crippen LogP contribution in [0.5, 0.6) is 5.75 Å². The van der Waals surface area contributed by atoms with Crippen LogP contribution in [0.25, 0.3) is 0 Å². The third-order valence-electron chi connectivity index (χ3n) is 3.91. The number of benzene rings is 1. The quantitative estimate of drug-likeness (QED) is 0.792. The van der Waals surface area contributed by atoms with Crippen LogP contribution in [0.4, 0.5) is 0 Å². The number of hydrogen-bond donors (Lipinski definition) is 2. The fourth-order valence-electron chi connectivity index (χ4n) is 2.45. The van der Waals surface area contributed by atoms with Gasteiger partial charge < -0.3 is 14.9 Å². The summed E-state index contributed by atoms with van der Waals surface area (Å²) in [5.74, 6) is 0.454. The van der Waals surface area contributed by atoms with Crippen LogP contribution in [-0.2, 0) is 16.6 Å². The van der Waals surface area contributed by atoms with Crippen molar-refractivity contribution in [3.05, 3.63) is 28.8 Å². The van der Waals surface area contributed by atoms with Gasteiger partial charge in [0.15, 0.2) is 0 Å². The topological polar surface area (TPSA) is 49.3 Å².